The molecule has 2 N–H and O–H groups in total. The number of nitrogens with two attached hydrogens (primary N) is 1. The highest BCUT2D eigenvalue weighted by molar-refractivity contribution is 7.99. The van der Waals surface area contributed by atoms with Gasteiger partial charge in [-0.3, -0.25) is 9.78 Å². The number of aromatic nitrogens is 2. The molecule has 1 heterocycles. The summed E-state index contributed by atoms with van der Waals surface area (Å²) in [6, 6.07) is 0. The van der Waals surface area contributed by atoms with Crippen LogP contribution in [0.1, 0.15) is 6.42 Å². The van der Waals surface area contributed by atoms with E-state index < -0.39 is 0 Å². The van der Waals surface area contributed by atoms with Crippen molar-refractivity contribution in [2.24, 2.45) is 0 Å². The Hall–Kier alpha value is -1.30. The average Bonchev–Trinajstić information content (AvgIpc) is 2.17. The Kier molecular flexibility index (Phi) is 4.18. The lowest BCUT2D eigenvalue weighted by Gasteiger charge is -2.00. The van der Waals surface area contributed by atoms with Gasteiger partial charge in [-0.15, -0.1) is 11.8 Å². The zero-order valence-corrected chi connectivity index (χ0v) is 8.58. The highest BCUT2D eigenvalue weighted by Crippen LogP contribution is 2.15. The zero-order valence-electron chi connectivity index (χ0n) is 7.77. The van der Waals surface area contributed by atoms with E-state index in [2.05, 4.69) is 14.7 Å². The largest absolute Gasteiger partial charge is 0.469 e. The Bertz CT molecular complexity index is 319. The van der Waals surface area contributed by atoms with Crippen LogP contribution in [-0.2, 0) is 9.53 Å². The van der Waals surface area contributed by atoms with Crippen molar-refractivity contribution in [2.75, 3.05) is 18.6 Å². The van der Waals surface area contributed by atoms with Crippen molar-refractivity contribution in [3.63, 3.8) is 0 Å². The van der Waals surface area contributed by atoms with E-state index in [0.717, 1.165) is 0 Å². The van der Waals surface area contributed by atoms with E-state index in [1.807, 2.05) is 0 Å². The number of rotatable bonds is 4. The lowest BCUT2D eigenvalue weighted by molar-refractivity contribution is -0.140. The molecule has 5 nitrogen and oxygen atoms in total. The van der Waals surface area contributed by atoms with Crippen LogP contribution in [-0.4, -0.2) is 28.8 Å². The molecule has 6 heteroatoms. The first-order valence-corrected chi connectivity index (χ1v) is 4.98. The number of hydrogen-bond donors (Lipinski definition) is 1. The van der Waals surface area contributed by atoms with Crippen molar-refractivity contribution < 1.29 is 9.53 Å². The van der Waals surface area contributed by atoms with Gasteiger partial charge in [0.05, 0.1) is 25.9 Å². The molecule has 0 unspecified atom stereocenters. The van der Waals surface area contributed by atoms with Gasteiger partial charge in [0.2, 0.25) is 0 Å². The average molecular weight is 213 g/mol. The van der Waals surface area contributed by atoms with Crippen LogP contribution < -0.4 is 5.73 Å². The SMILES string of the molecule is COC(=O)CCSc1cncc(N)n1. The van der Waals surface area contributed by atoms with E-state index in [-0.39, 0.29) is 5.97 Å². The van der Waals surface area contributed by atoms with E-state index >= 15 is 0 Å². The molecule has 1 aromatic heterocycles. The summed E-state index contributed by atoms with van der Waals surface area (Å²) in [6.07, 6.45) is 3.44. The molecule has 0 fully saturated rings. The van der Waals surface area contributed by atoms with Crippen molar-refractivity contribution in [2.45, 2.75) is 11.4 Å². The lowest BCUT2D eigenvalue weighted by Crippen LogP contribution is -2.01. The Labute approximate surface area is 86.1 Å². The van der Waals surface area contributed by atoms with Crippen LogP contribution in [0.15, 0.2) is 17.4 Å². The van der Waals surface area contributed by atoms with E-state index in [0.29, 0.717) is 23.0 Å². The van der Waals surface area contributed by atoms with Gasteiger partial charge in [-0.25, -0.2) is 4.98 Å². The van der Waals surface area contributed by atoms with Gasteiger partial charge < -0.3 is 10.5 Å². The smallest absolute Gasteiger partial charge is 0.306 e. The number of hydrogen-bond acceptors (Lipinski definition) is 6. The summed E-state index contributed by atoms with van der Waals surface area (Å²) in [6.45, 7) is 0. The lowest BCUT2D eigenvalue weighted by atomic mass is 10.5. The highest BCUT2D eigenvalue weighted by atomic mass is 32.2. The molecule has 0 atom stereocenters. The molecule has 14 heavy (non-hydrogen) atoms. The first kappa shape index (κ1) is 10.8. The number of nitrogen functional groups attached to an aromatic ring is 1. The molecular formula is C8H11N3O2S. The van der Waals surface area contributed by atoms with E-state index in [1.54, 1.807) is 6.20 Å². The van der Waals surface area contributed by atoms with Crippen LogP contribution in [0.4, 0.5) is 5.82 Å². The normalized spacial score (nSPS) is 9.79. The number of ether oxygens (including phenoxy) is 1. The second-order valence-corrected chi connectivity index (χ2v) is 3.57. The quantitative estimate of drug-likeness (QED) is 0.586. The van der Waals surface area contributed by atoms with Gasteiger partial charge in [0, 0.05) is 5.75 Å². The van der Waals surface area contributed by atoms with Crippen molar-refractivity contribution in [3.8, 4) is 0 Å². The van der Waals surface area contributed by atoms with Crippen molar-refractivity contribution >= 4 is 23.5 Å². The van der Waals surface area contributed by atoms with Crippen LogP contribution in [0, 0.1) is 0 Å². The number of carbonyl (C=O) groups excluding carboxylic acids is 1. The van der Waals surface area contributed by atoms with Crippen LogP contribution >= 0.6 is 11.8 Å². The van der Waals surface area contributed by atoms with Crippen molar-refractivity contribution in [3.05, 3.63) is 12.4 Å². The summed E-state index contributed by atoms with van der Waals surface area (Å²) in [5.41, 5.74) is 5.44. The van der Waals surface area contributed by atoms with Crippen molar-refractivity contribution in [1.29, 1.82) is 0 Å². The molecule has 0 aliphatic carbocycles. The van der Waals surface area contributed by atoms with Gasteiger partial charge in [-0.2, -0.15) is 0 Å². The Morgan fingerprint density at radius 3 is 3.07 bits per heavy atom. The second kappa shape index (κ2) is 5.43. The molecule has 0 aliphatic heterocycles. The molecule has 76 valence electrons. The molecule has 1 rings (SSSR count). The number of nitrogens with zero attached hydrogens (tertiary/aromatic N) is 2. The molecule has 0 aliphatic rings. The molecule has 0 spiro atoms. The Morgan fingerprint density at radius 1 is 1.64 bits per heavy atom. The van der Waals surface area contributed by atoms with E-state index in [1.165, 1.54) is 25.1 Å². The molecule has 1 aromatic rings. The molecule has 0 aromatic carbocycles. The molecule has 0 amide bonds. The van der Waals surface area contributed by atoms with Crippen LogP contribution in [0.25, 0.3) is 0 Å². The fourth-order valence-corrected chi connectivity index (χ4v) is 1.56. The van der Waals surface area contributed by atoms with E-state index in [4.69, 9.17) is 5.73 Å². The molecule has 0 saturated carbocycles. The Morgan fingerprint density at radius 2 is 2.43 bits per heavy atom. The summed E-state index contributed by atoms with van der Waals surface area (Å²) in [5.74, 6) is 0.771. The molecule has 0 saturated heterocycles. The van der Waals surface area contributed by atoms with Crippen LogP contribution in [0.5, 0.6) is 0 Å². The third-order valence-corrected chi connectivity index (χ3v) is 2.32. The Balaban J connectivity index is 2.35. The molecule has 0 bridgehead atoms. The topological polar surface area (TPSA) is 78.1 Å². The van der Waals surface area contributed by atoms with Gasteiger partial charge >= 0.3 is 5.97 Å². The van der Waals surface area contributed by atoms with Gasteiger partial charge in [0.1, 0.15) is 10.8 Å². The summed E-state index contributed by atoms with van der Waals surface area (Å²) in [4.78, 5) is 18.7. The number of methoxy groups -OCH3 is 1. The predicted octanol–water partition coefficient (Wildman–Crippen LogP) is 0.714. The summed E-state index contributed by atoms with van der Waals surface area (Å²) in [7, 11) is 1.37. The number of esters is 1. The minimum absolute atomic E-state index is 0.227. The standard InChI is InChI=1S/C8H11N3O2S/c1-13-8(12)2-3-14-7-5-10-4-6(9)11-7/h4-5H,2-3H2,1H3,(H2,9,11). The predicted molar refractivity (Wildman–Crippen MR) is 53.8 cm³/mol. The van der Waals surface area contributed by atoms with Crippen LogP contribution in [0.2, 0.25) is 0 Å². The number of anilines is 1. The summed E-state index contributed by atoms with van der Waals surface area (Å²) >= 11 is 1.42. The van der Waals surface area contributed by atoms with Crippen LogP contribution in [0.3, 0.4) is 0 Å². The maximum atomic E-state index is 10.8. The fourth-order valence-electron chi connectivity index (χ4n) is 0.773. The van der Waals surface area contributed by atoms with Gasteiger partial charge in [-0.05, 0) is 0 Å². The first-order chi connectivity index (χ1) is 6.72. The third-order valence-electron chi connectivity index (χ3n) is 1.41. The van der Waals surface area contributed by atoms with E-state index in [9.17, 15) is 4.79 Å². The zero-order chi connectivity index (χ0) is 10.4. The molecule has 0 radical (unpaired) electrons. The monoisotopic (exact) mass is 213 g/mol. The van der Waals surface area contributed by atoms with Gasteiger partial charge in [-0.1, -0.05) is 0 Å². The number of thioether (sulfide) groups is 1. The van der Waals surface area contributed by atoms with Gasteiger partial charge in [0.15, 0.2) is 0 Å². The number of carbonyl (C=O) groups is 1. The minimum atomic E-state index is -0.227. The third kappa shape index (κ3) is 3.61. The highest BCUT2D eigenvalue weighted by Gasteiger charge is 2.02. The minimum Gasteiger partial charge on any atom is -0.469 e. The maximum absolute atomic E-state index is 10.8. The first-order valence-electron chi connectivity index (χ1n) is 3.99. The summed E-state index contributed by atoms with van der Waals surface area (Å²) in [5, 5.41) is 0.717. The maximum Gasteiger partial charge on any atom is 0.306 e. The second-order valence-electron chi connectivity index (χ2n) is 2.46. The van der Waals surface area contributed by atoms with Crippen molar-refractivity contribution in [1.82, 2.24) is 9.97 Å². The van der Waals surface area contributed by atoms with Gasteiger partial charge in [0.25, 0.3) is 0 Å². The fraction of sp³-hybridized carbons (Fsp3) is 0.375. The summed E-state index contributed by atoms with van der Waals surface area (Å²) < 4.78 is 4.50. The molecular weight excluding hydrogens is 202 g/mol.